The third-order valence-electron chi connectivity index (χ3n) is 3.00. The molecule has 0 radical (unpaired) electrons. The number of carboxylic acids is 1. The van der Waals surface area contributed by atoms with Crippen molar-refractivity contribution in [2.24, 2.45) is 0 Å². The zero-order chi connectivity index (χ0) is 15.4. The number of aliphatic carboxylic acids is 1. The minimum atomic E-state index is -1.00. The van der Waals surface area contributed by atoms with E-state index in [4.69, 9.17) is 16.0 Å². The second-order valence-corrected chi connectivity index (χ2v) is 5.91. The van der Waals surface area contributed by atoms with Crippen LogP contribution < -0.4 is 5.32 Å². The van der Waals surface area contributed by atoms with Crippen molar-refractivity contribution >= 4 is 35.0 Å². The summed E-state index contributed by atoms with van der Waals surface area (Å²) in [6.45, 7) is 1.89. The Morgan fingerprint density at radius 1 is 1.43 bits per heavy atom. The van der Waals surface area contributed by atoms with E-state index < -0.39 is 12.0 Å². The van der Waals surface area contributed by atoms with Crippen LogP contribution in [0.2, 0.25) is 5.02 Å². The van der Waals surface area contributed by atoms with Gasteiger partial charge in [0.1, 0.15) is 11.5 Å². The predicted octanol–water partition coefficient (Wildman–Crippen LogP) is 4.34. The van der Waals surface area contributed by atoms with Crippen LogP contribution >= 0.6 is 23.4 Å². The standard InChI is InChI=1S/C15H16ClNO3S/c1-9-3-4-10(16)7-12(9)17-14(15(18)19)13-6-5-11(20-13)8-21-2/h3-7,14,17H,8H2,1-2H3,(H,18,19). The first-order valence-corrected chi connectivity index (χ1v) is 8.11. The number of nitrogens with one attached hydrogen (secondary N) is 1. The lowest BCUT2D eigenvalue weighted by Crippen LogP contribution is -2.20. The van der Waals surface area contributed by atoms with Crippen LogP contribution in [0.5, 0.6) is 0 Å². The quantitative estimate of drug-likeness (QED) is 0.827. The number of benzene rings is 1. The molecule has 0 spiro atoms. The number of furan rings is 1. The summed E-state index contributed by atoms with van der Waals surface area (Å²) >= 11 is 7.58. The highest BCUT2D eigenvalue weighted by molar-refractivity contribution is 7.97. The molecule has 0 aliphatic heterocycles. The molecular weight excluding hydrogens is 310 g/mol. The Balaban J connectivity index is 2.26. The molecule has 21 heavy (non-hydrogen) atoms. The fraction of sp³-hybridized carbons (Fsp3) is 0.267. The molecule has 1 unspecified atom stereocenters. The number of thioether (sulfide) groups is 1. The lowest BCUT2D eigenvalue weighted by molar-refractivity contribution is -0.138. The summed E-state index contributed by atoms with van der Waals surface area (Å²) in [7, 11) is 0. The molecule has 0 bridgehead atoms. The molecule has 6 heteroatoms. The van der Waals surface area contributed by atoms with Crippen molar-refractivity contribution in [3.8, 4) is 0 Å². The van der Waals surface area contributed by atoms with Crippen molar-refractivity contribution in [3.05, 3.63) is 52.4 Å². The van der Waals surface area contributed by atoms with Crippen LogP contribution in [0.15, 0.2) is 34.7 Å². The maximum absolute atomic E-state index is 11.5. The van der Waals surface area contributed by atoms with Gasteiger partial charge in [0.2, 0.25) is 0 Å². The van der Waals surface area contributed by atoms with Gasteiger partial charge in [-0.2, -0.15) is 11.8 Å². The van der Waals surface area contributed by atoms with E-state index in [1.165, 1.54) is 0 Å². The van der Waals surface area contributed by atoms with Crippen molar-refractivity contribution in [1.82, 2.24) is 0 Å². The summed E-state index contributed by atoms with van der Waals surface area (Å²) in [5.74, 6) is 0.849. The molecular formula is C15H16ClNO3S. The molecule has 2 N–H and O–H groups in total. The zero-order valence-electron chi connectivity index (χ0n) is 11.7. The molecule has 1 aromatic carbocycles. The Morgan fingerprint density at radius 2 is 2.19 bits per heavy atom. The van der Waals surface area contributed by atoms with Crippen molar-refractivity contribution in [2.45, 2.75) is 18.7 Å². The molecule has 0 aliphatic carbocycles. The summed E-state index contributed by atoms with van der Waals surface area (Å²) in [6, 6.07) is 7.86. The van der Waals surface area contributed by atoms with E-state index in [-0.39, 0.29) is 0 Å². The molecule has 0 saturated carbocycles. The van der Waals surface area contributed by atoms with Crippen molar-refractivity contribution in [3.63, 3.8) is 0 Å². The first-order chi connectivity index (χ1) is 10.0. The van der Waals surface area contributed by atoms with Gasteiger partial charge < -0.3 is 14.8 Å². The van der Waals surface area contributed by atoms with E-state index in [1.54, 1.807) is 36.0 Å². The Bertz CT molecular complexity index is 642. The highest BCUT2D eigenvalue weighted by Crippen LogP contribution is 2.27. The highest BCUT2D eigenvalue weighted by Gasteiger charge is 2.24. The van der Waals surface area contributed by atoms with Gasteiger partial charge in [0.05, 0.1) is 5.75 Å². The Labute approximate surface area is 132 Å². The maximum atomic E-state index is 11.5. The van der Waals surface area contributed by atoms with Crippen LogP contribution in [0.4, 0.5) is 5.69 Å². The third kappa shape index (κ3) is 3.95. The monoisotopic (exact) mass is 325 g/mol. The number of carboxylic acid groups (broad SMARTS) is 1. The predicted molar refractivity (Wildman–Crippen MR) is 86.1 cm³/mol. The summed E-state index contributed by atoms with van der Waals surface area (Å²) in [6.07, 6.45) is 1.96. The number of anilines is 1. The SMILES string of the molecule is CSCc1ccc(C(Nc2cc(Cl)ccc2C)C(=O)O)o1. The van der Waals surface area contributed by atoms with Gasteiger partial charge in [-0.25, -0.2) is 4.79 Å². The van der Waals surface area contributed by atoms with Crippen molar-refractivity contribution < 1.29 is 14.3 Å². The van der Waals surface area contributed by atoms with E-state index in [9.17, 15) is 9.90 Å². The third-order valence-corrected chi connectivity index (χ3v) is 3.81. The summed E-state index contributed by atoms with van der Waals surface area (Å²) in [5.41, 5.74) is 1.60. The summed E-state index contributed by atoms with van der Waals surface area (Å²) in [5, 5.41) is 13.0. The van der Waals surface area contributed by atoms with Gasteiger partial charge in [0.15, 0.2) is 6.04 Å². The van der Waals surface area contributed by atoms with Gasteiger partial charge in [0, 0.05) is 10.7 Å². The van der Waals surface area contributed by atoms with E-state index in [0.717, 1.165) is 11.3 Å². The highest BCUT2D eigenvalue weighted by atomic mass is 35.5. The van der Waals surface area contributed by atoms with E-state index >= 15 is 0 Å². The van der Waals surface area contributed by atoms with Gasteiger partial charge in [-0.05, 0) is 43.0 Å². The van der Waals surface area contributed by atoms with Gasteiger partial charge in [-0.3, -0.25) is 0 Å². The normalized spacial score (nSPS) is 12.1. The molecule has 0 amide bonds. The van der Waals surface area contributed by atoms with Gasteiger partial charge in [0.25, 0.3) is 0 Å². The fourth-order valence-electron chi connectivity index (χ4n) is 1.93. The number of aryl methyl sites for hydroxylation is 1. The lowest BCUT2D eigenvalue weighted by Gasteiger charge is -2.16. The molecule has 112 valence electrons. The Kier molecular flexibility index (Phi) is 5.20. The minimum absolute atomic E-state index is 0.380. The number of hydrogen-bond acceptors (Lipinski definition) is 4. The van der Waals surface area contributed by atoms with Crippen LogP contribution in [-0.2, 0) is 10.5 Å². The maximum Gasteiger partial charge on any atom is 0.334 e. The van der Waals surface area contributed by atoms with Gasteiger partial charge in [-0.15, -0.1) is 0 Å². The molecule has 0 aliphatic rings. The topological polar surface area (TPSA) is 62.5 Å². The van der Waals surface area contributed by atoms with Gasteiger partial charge >= 0.3 is 5.97 Å². The lowest BCUT2D eigenvalue weighted by atomic mass is 10.1. The minimum Gasteiger partial charge on any atom is -0.479 e. The number of carbonyl (C=O) groups is 1. The fourth-order valence-corrected chi connectivity index (χ4v) is 2.54. The second-order valence-electron chi connectivity index (χ2n) is 4.61. The first kappa shape index (κ1) is 15.8. The smallest absolute Gasteiger partial charge is 0.334 e. The molecule has 2 aromatic rings. The average molecular weight is 326 g/mol. The van der Waals surface area contributed by atoms with E-state index in [0.29, 0.717) is 22.2 Å². The average Bonchev–Trinajstić information content (AvgIpc) is 2.88. The number of halogens is 1. The van der Waals surface area contributed by atoms with Crippen LogP contribution in [0.25, 0.3) is 0 Å². The van der Waals surface area contributed by atoms with Crippen molar-refractivity contribution in [1.29, 1.82) is 0 Å². The van der Waals surface area contributed by atoms with E-state index in [2.05, 4.69) is 5.32 Å². The molecule has 1 aromatic heterocycles. The molecule has 0 fully saturated rings. The van der Waals surface area contributed by atoms with Crippen LogP contribution in [0.1, 0.15) is 23.1 Å². The Morgan fingerprint density at radius 3 is 2.86 bits per heavy atom. The largest absolute Gasteiger partial charge is 0.479 e. The van der Waals surface area contributed by atoms with Gasteiger partial charge in [-0.1, -0.05) is 17.7 Å². The number of hydrogen-bond donors (Lipinski definition) is 2. The summed E-state index contributed by atoms with van der Waals surface area (Å²) in [4.78, 5) is 11.5. The van der Waals surface area contributed by atoms with Crippen LogP contribution in [0, 0.1) is 6.92 Å². The first-order valence-electron chi connectivity index (χ1n) is 6.34. The molecule has 2 rings (SSSR count). The summed E-state index contributed by atoms with van der Waals surface area (Å²) < 4.78 is 5.59. The molecule has 0 saturated heterocycles. The van der Waals surface area contributed by atoms with E-state index in [1.807, 2.05) is 19.2 Å². The number of rotatable bonds is 6. The molecule has 1 atom stereocenters. The van der Waals surface area contributed by atoms with Crippen molar-refractivity contribution in [2.75, 3.05) is 11.6 Å². The Hall–Kier alpha value is -1.59. The molecule has 4 nitrogen and oxygen atoms in total. The van der Waals surface area contributed by atoms with Crippen LogP contribution in [-0.4, -0.2) is 17.3 Å². The zero-order valence-corrected chi connectivity index (χ0v) is 13.3. The second kappa shape index (κ2) is 6.91. The molecule has 1 heterocycles. The van der Waals surface area contributed by atoms with Crippen LogP contribution in [0.3, 0.4) is 0 Å².